The largest absolute Gasteiger partial charge is 0.363 e. The maximum Gasteiger partial charge on any atom is 0.347 e. The first-order chi connectivity index (χ1) is 8.15. The van der Waals surface area contributed by atoms with Gasteiger partial charge in [0.1, 0.15) is 5.84 Å². The van der Waals surface area contributed by atoms with Crippen molar-refractivity contribution in [3.63, 3.8) is 0 Å². The zero-order chi connectivity index (χ0) is 12.3. The van der Waals surface area contributed by atoms with Gasteiger partial charge < -0.3 is 10.2 Å². The summed E-state index contributed by atoms with van der Waals surface area (Å²) >= 11 is 3.34. The first-order valence-electron chi connectivity index (χ1n) is 5.50. The molecule has 1 fully saturated rings. The Morgan fingerprint density at radius 2 is 2.12 bits per heavy atom. The number of nitrogens with zero attached hydrogens (tertiary/aromatic N) is 2. The van der Waals surface area contributed by atoms with Crippen molar-refractivity contribution in [3.05, 3.63) is 28.7 Å². The Kier molecular flexibility index (Phi) is 3.78. The van der Waals surface area contributed by atoms with Gasteiger partial charge in [0.05, 0.1) is 0 Å². The Morgan fingerprint density at radius 3 is 2.71 bits per heavy atom. The Balaban J connectivity index is 2.00. The molecule has 0 aromatic heterocycles. The lowest BCUT2D eigenvalue weighted by atomic mass is 10.3. The van der Waals surface area contributed by atoms with Crippen molar-refractivity contribution in [2.24, 2.45) is 4.99 Å². The number of hydrogen-bond donors (Lipinski definition) is 1. The third kappa shape index (κ3) is 3.30. The molecule has 17 heavy (non-hydrogen) atoms. The molecule has 0 unspecified atom stereocenters. The average molecular weight is 296 g/mol. The minimum atomic E-state index is -0.309. The fraction of sp³-hybridized carbons (Fsp3) is 0.333. The molecule has 2 amide bonds. The van der Waals surface area contributed by atoms with E-state index in [1.54, 1.807) is 0 Å². The zero-order valence-electron chi connectivity index (χ0n) is 9.61. The maximum atomic E-state index is 11.7. The highest BCUT2D eigenvalue weighted by Crippen LogP contribution is 2.15. The van der Waals surface area contributed by atoms with Gasteiger partial charge in [0.25, 0.3) is 0 Å². The van der Waals surface area contributed by atoms with E-state index in [-0.39, 0.29) is 6.03 Å². The van der Waals surface area contributed by atoms with Gasteiger partial charge in [-0.1, -0.05) is 15.9 Å². The van der Waals surface area contributed by atoms with Gasteiger partial charge in [-0.2, -0.15) is 4.99 Å². The number of rotatable bonds is 1. The lowest BCUT2D eigenvalue weighted by Gasteiger charge is -2.10. The Labute approximate surface area is 109 Å². The van der Waals surface area contributed by atoms with Crippen molar-refractivity contribution in [1.29, 1.82) is 0 Å². The number of aliphatic imine (C=N–C) groups is 1. The van der Waals surface area contributed by atoms with Crippen LogP contribution in [-0.2, 0) is 0 Å². The van der Waals surface area contributed by atoms with Crippen molar-refractivity contribution in [2.45, 2.75) is 12.8 Å². The number of urea groups is 1. The van der Waals surface area contributed by atoms with Crippen LogP contribution in [0.4, 0.5) is 10.5 Å². The fourth-order valence-corrected chi connectivity index (χ4v) is 2.00. The Bertz CT molecular complexity index is 442. The van der Waals surface area contributed by atoms with Gasteiger partial charge in [-0.05, 0) is 30.7 Å². The molecule has 1 aromatic rings. The summed E-state index contributed by atoms with van der Waals surface area (Å²) in [7, 11) is 1.96. The number of halogens is 1. The number of carbonyl (C=O) groups excluding carboxylic acids is 1. The number of anilines is 1. The summed E-state index contributed by atoms with van der Waals surface area (Å²) in [5.41, 5.74) is 0.753. The minimum Gasteiger partial charge on any atom is -0.363 e. The van der Waals surface area contributed by atoms with E-state index in [0.717, 1.165) is 35.4 Å². The quantitative estimate of drug-likeness (QED) is 0.865. The van der Waals surface area contributed by atoms with E-state index in [1.165, 1.54) is 0 Å². The van der Waals surface area contributed by atoms with Crippen molar-refractivity contribution in [2.75, 3.05) is 18.9 Å². The summed E-state index contributed by atoms with van der Waals surface area (Å²) in [5, 5.41) is 2.74. The molecule has 1 heterocycles. The summed E-state index contributed by atoms with van der Waals surface area (Å²) in [4.78, 5) is 17.7. The van der Waals surface area contributed by atoms with Crippen LogP contribution in [0.15, 0.2) is 33.7 Å². The predicted octanol–water partition coefficient (Wildman–Crippen LogP) is 3.11. The van der Waals surface area contributed by atoms with E-state index in [1.807, 2.05) is 36.2 Å². The van der Waals surface area contributed by atoms with Crippen LogP contribution in [0.1, 0.15) is 12.8 Å². The molecule has 0 atom stereocenters. The predicted molar refractivity (Wildman–Crippen MR) is 72.5 cm³/mol. The van der Waals surface area contributed by atoms with Crippen LogP contribution in [0.25, 0.3) is 0 Å². The number of amides is 2. The fourth-order valence-electron chi connectivity index (χ4n) is 1.74. The molecule has 0 radical (unpaired) electrons. The van der Waals surface area contributed by atoms with E-state index in [2.05, 4.69) is 26.2 Å². The van der Waals surface area contributed by atoms with Gasteiger partial charge in [-0.25, -0.2) is 4.79 Å². The number of nitrogens with one attached hydrogen (secondary N) is 1. The summed E-state index contributed by atoms with van der Waals surface area (Å²) in [5.74, 6) is 0.861. The molecule has 1 aromatic carbocycles. The second-order valence-corrected chi connectivity index (χ2v) is 4.91. The highest BCUT2D eigenvalue weighted by Gasteiger charge is 2.15. The van der Waals surface area contributed by atoms with Crippen LogP contribution in [0.2, 0.25) is 0 Å². The van der Waals surface area contributed by atoms with E-state index in [9.17, 15) is 4.79 Å². The lowest BCUT2D eigenvalue weighted by Crippen LogP contribution is -2.21. The number of amidine groups is 1. The third-order valence-electron chi connectivity index (χ3n) is 2.66. The number of carbonyl (C=O) groups is 1. The van der Waals surface area contributed by atoms with E-state index in [4.69, 9.17) is 0 Å². The Hall–Kier alpha value is -1.36. The van der Waals surface area contributed by atoms with Gasteiger partial charge in [-0.15, -0.1) is 0 Å². The van der Waals surface area contributed by atoms with Crippen LogP contribution in [-0.4, -0.2) is 30.4 Å². The van der Waals surface area contributed by atoms with Gasteiger partial charge in [0.2, 0.25) is 0 Å². The van der Waals surface area contributed by atoms with Gasteiger partial charge in [-0.3, -0.25) is 0 Å². The first-order valence-corrected chi connectivity index (χ1v) is 6.30. The normalized spacial score (nSPS) is 17.5. The summed E-state index contributed by atoms with van der Waals surface area (Å²) in [6, 6.07) is 7.12. The topological polar surface area (TPSA) is 44.7 Å². The minimum absolute atomic E-state index is 0.309. The molecule has 90 valence electrons. The zero-order valence-corrected chi connectivity index (χ0v) is 11.2. The van der Waals surface area contributed by atoms with Crippen molar-refractivity contribution >= 4 is 33.5 Å². The SMILES string of the molecule is CN1CCC/C1=N\C(=O)Nc1ccc(Br)cc1. The van der Waals surface area contributed by atoms with E-state index in [0.29, 0.717) is 0 Å². The average Bonchev–Trinajstić information content (AvgIpc) is 2.68. The van der Waals surface area contributed by atoms with Gasteiger partial charge >= 0.3 is 6.03 Å². The smallest absolute Gasteiger partial charge is 0.347 e. The molecule has 2 rings (SSSR count). The van der Waals surface area contributed by atoms with Crippen molar-refractivity contribution < 1.29 is 4.79 Å². The molecule has 0 aliphatic carbocycles. The molecule has 5 heteroatoms. The molecule has 1 aliphatic heterocycles. The standard InChI is InChI=1S/C12H14BrN3O/c1-16-8-2-3-11(16)15-12(17)14-10-6-4-9(13)5-7-10/h4-7H,2-3,8H2,1H3,(H,14,17)/b15-11+. The van der Waals surface area contributed by atoms with E-state index >= 15 is 0 Å². The molecule has 4 nitrogen and oxygen atoms in total. The number of likely N-dealkylation sites (tertiary alicyclic amines) is 1. The molecule has 0 saturated carbocycles. The highest BCUT2D eigenvalue weighted by atomic mass is 79.9. The highest BCUT2D eigenvalue weighted by molar-refractivity contribution is 9.10. The Morgan fingerprint density at radius 1 is 1.41 bits per heavy atom. The molecular weight excluding hydrogens is 282 g/mol. The second kappa shape index (κ2) is 5.31. The molecule has 0 bridgehead atoms. The monoisotopic (exact) mass is 295 g/mol. The van der Waals surface area contributed by atoms with Crippen LogP contribution < -0.4 is 5.32 Å². The first kappa shape index (κ1) is 12.1. The molecule has 0 spiro atoms. The summed E-state index contributed by atoms with van der Waals surface area (Å²) < 4.78 is 0.984. The lowest BCUT2D eigenvalue weighted by molar-refractivity contribution is 0.259. The second-order valence-electron chi connectivity index (χ2n) is 3.99. The molecule has 1 saturated heterocycles. The van der Waals surface area contributed by atoms with Crippen LogP contribution in [0.5, 0.6) is 0 Å². The molecule has 1 N–H and O–H groups in total. The number of benzene rings is 1. The van der Waals surface area contributed by atoms with Crippen molar-refractivity contribution in [3.8, 4) is 0 Å². The number of hydrogen-bond acceptors (Lipinski definition) is 1. The maximum absolute atomic E-state index is 11.7. The van der Waals surface area contributed by atoms with E-state index < -0.39 is 0 Å². The summed E-state index contributed by atoms with van der Waals surface area (Å²) in [6.45, 7) is 0.977. The van der Waals surface area contributed by atoms with Crippen molar-refractivity contribution in [1.82, 2.24) is 4.90 Å². The van der Waals surface area contributed by atoms with Gasteiger partial charge in [0, 0.05) is 30.2 Å². The van der Waals surface area contributed by atoms with Crippen LogP contribution >= 0.6 is 15.9 Å². The third-order valence-corrected chi connectivity index (χ3v) is 3.19. The van der Waals surface area contributed by atoms with Crippen LogP contribution in [0.3, 0.4) is 0 Å². The molecule has 1 aliphatic rings. The molecular formula is C12H14BrN3O. The summed E-state index contributed by atoms with van der Waals surface area (Å²) in [6.07, 6.45) is 1.95. The van der Waals surface area contributed by atoms with Crippen LogP contribution in [0, 0.1) is 0 Å². The van der Waals surface area contributed by atoms with Gasteiger partial charge in [0.15, 0.2) is 0 Å².